The molecule has 0 spiro atoms. The lowest BCUT2D eigenvalue weighted by Crippen LogP contribution is -2.15. The summed E-state index contributed by atoms with van der Waals surface area (Å²) in [5.41, 5.74) is 3.61. The molecule has 3 rings (SSSR count). The Bertz CT molecular complexity index is 806. The van der Waals surface area contributed by atoms with Gasteiger partial charge in [0, 0.05) is 11.8 Å². The average Bonchev–Trinajstić information content (AvgIpc) is 2.87. The maximum atomic E-state index is 11.8. The molecule has 1 aromatic carbocycles. The number of nitrogens with one attached hydrogen (secondary N) is 1. The maximum absolute atomic E-state index is 11.8. The molecule has 0 saturated heterocycles. The standard InChI is InChI=1S/C17H17N3O2/c1-3-22-17(21)19-16-15(13-9-7-12(2)8-10-13)18-14-6-4-5-11-20(14)16/h4-11H,3H2,1-2H3,(H,19,21). The van der Waals surface area contributed by atoms with Crippen molar-refractivity contribution in [2.24, 2.45) is 0 Å². The largest absolute Gasteiger partial charge is 0.450 e. The molecule has 1 N–H and O–H groups in total. The summed E-state index contributed by atoms with van der Waals surface area (Å²) in [5.74, 6) is 0.609. The number of amides is 1. The van der Waals surface area contributed by atoms with Crippen molar-refractivity contribution in [1.82, 2.24) is 9.38 Å². The molecule has 2 heterocycles. The molecule has 3 aromatic rings. The van der Waals surface area contributed by atoms with Crippen molar-refractivity contribution in [3.63, 3.8) is 0 Å². The first-order valence-electron chi connectivity index (χ1n) is 7.17. The molecular formula is C17H17N3O2. The maximum Gasteiger partial charge on any atom is 0.412 e. The Morgan fingerprint density at radius 3 is 2.73 bits per heavy atom. The van der Waals surface area contributed by atoms with Crippen molar-refractivity contribution in [2.75, 3.05) is 11.9 Å². The SMILES string of the molecule is CCOC(=O)Nc1c(-c2ccc(C)cc2)nc2ccccn12. The number of fused-ring (bicyclic) bond motifs is 1. The van der Waals surface area contributed by atoms with E-state index in [0.717, 1.165) is 16.9 Å². The third-order valence-electron chi connectivity index (χ3n) is 3.35. The van der Waals surface area contributed by atoms with Gasteiger partial charge in [-0.05, 0) is 26.0 Å². The highest BCUT2D eigenvalue weighted by atomic mass is 16.5. The van der Waals surface area contributed by atoms with Gasteiger partial charge in [-0.3, -0.25) is 9.72 Å². The van der Waals surface area contributed by atoms with E-state index >= 15 is 0 Å². The number of hydrogen-bond donors (Lipinski definition) is 1. The van der Waals surface area contributed by atoms with Crippen molar-refractivity contribution in [1.29, 1.82) is 0 Å². The quantitative estimate of drug-likeness (QED) is 0.797. The van der Waals surface area contributed by atoms with E-state index in [-0.39, 0.29) is 0 Å². The number of imidazole rings is 1. The molecule has 1 amide bonds. The number of carbonyl (C=O) groups is 1. The van der Waals surface area contributed by atoms with Gasteiger partial charge in [0.05, 0.1) is 6.61 Å². The second-order valence-corrected chi connectivity index (χ2v) is 4.95. The highest BCUT2D eigenvalue weighted by Gasteiger charge is 2.16. The third-order valence-corrected chi connectivity index (χ3v) is 3.35. The zero-order valence-electron chi connectivity index (χ0n) is 12.5. The molecular weight excluding hydrogens is 278 g/mol. The van der Waals surface area contributed by atoms with Gasteiger partial charge in [0.1, 0.15) is 17.2 Å². The van der Waals surface area contributed by atoms with Gasteiger partial charge < -0.3 is 4.74 Å². The molecule has 5 nitrogen and oxygen atoms in total. The van der Waals surface area contributed by atoms with Crippen LogP contribution in [-0.4, -0.2) is 22.1 Å². The average molecular weight is 295 g/mol. The Morgan fingerprint density at radius 1 is 1.23 bits per heavy atom. The van der Waals surface area contributed by atoms with Crippen molar-refractivity contribution < 1.29 is 9.53 Å². The van der Waals surface area contributed by atoms with E-state index in [2.05, 4.69) is 10.3 Å². The minimum absolute atomic E-state index is 0.322. The van der Waals surface area contributed by atoms with Crippen molar-refractivity contribution in [2.45, 2.75) is 13.8 Å². The number of hydrogen-bond acceptors (Lipinski definition) is 3. The van der Waals surface area contributed by atoms with E-state index in [4.69, 9.17) is 4.74 Å². The van der Waals surface area contributed by atoms with Crippen LogP contribution in [0.1, 0.15) is 12.5 Å². The topological polar surface area (TPSA) is 55.6 Å². The second kappa shape index (κ2) is 5.89. The fourth-order valence-electron chi connectivity index (χ4n) is 2.29. The van der Waals surface area contributed by atoms with Crippen LogP contribution >= 0.6 is 0 Å². The van der Waals surface area contributed by atoms with E-state index in [0.29, 0.717) is 12.4 Å². The van der Waals surface area contributed by atoms with Crippen LogP contribution in [0, 0.1) is 6.92 Å². The Balaban J connectivity index is 2.11. The Hall–Kier alpha value is -2.82. The van der Waals surface area contributed by atoms with Crippen molar-refractivity contribution >= 4 is 17.6 Å². The van der Waals surface area contributed by atoms with Crippen LogP contribution in [0.25, 0.3) is 16.9 Å². The summed E-state index contributed by atoms with van der Waals surface area (Å²) in [6.07, 6.45) is 1.38. The molecule has 0 fully saturated rings. The van der Waals surface area contributed by atoms with Crippen LogP contribution in [-0.2, 0) is 4.74 Å². The number of ether oxygens (including phenoxy) is 1. The first kappa shape index (κ1) is 14.1. The minimum Gasteiger partial charge on any atom is -0.450 e. The van der Waals surface area contributed by atoms with Crippen LogP contribution < -0.4 is 5.32 Å². The molecule has 5 heteroatoms. The monoisotopic (exact) mass is 295 g/mol. The molecule has 0 aliphatic heterocycles. The predicted molar refractivity (Wildman–Crippen MR) is 86.0 cm³/mol. The number of benzene rings is 1. The Labute approximate surface area is 128 Å². The minimum atomic E-state index is -0.485. The molecule has 22 heavy (non-hydrogen) atoms. The summed E-state index contributed by atoms with van der Waals surface area (Å²) >= 11 is 0. The van der Waals surface area contributed by atoms with E-state index in [1.807, 2.05) is 60.0 Å². The summed E-state index contributed by atoms with van der Waals surface area (Å²) < 4.78 is 6.82. The first-order chi connectivity index (χ1) is 10.7. The highest BCUT2D eigenvalue weighted by Crippen LogP contribution is 2.29. The van der Waals surface area contributed by atoms with Gasteiger partial charge >= 0.3 is 6.09 Å². The zero-order valence-corrected chi connectivity index (χ0v) is 12.5. The normalized spacial score (nSPS) is 10.6. The van der Waals surface area contributed by atoms with Gasteiger partial charge in [-0.15, -0.1) is 0 Å². The lowest BCUT2D eigenvalue weighted by atomic mass is 10.1. The van der Waals surface area contributed by atoms with Gasteiger partial charge in [-0.25, -0.2) is 9.78 Å². The smallest absolute Gasteiger partial charge is 0.412 e. The van der Waals surface area contributed by atoms with E-state index in [1.165, 1.54) is 5.56 Å². The summed E-state index contributed by atoms with van der Waals surface area (Å²) in [7, 11) is 0. The number of nitrogens with zero attached hydrogens (tertiary/aromatic N) is 2. The van der Waals surface area contributed by atoms with Crippen LogP contribution in [0.5, 0.6) is 0 Å². The number of anilines is 1. The van der Waals surface area contributed by atoms with Crippen molar-refractivity contribution in [3.05, 3.63) is 54.2 Å². The van der Waals surface area contributed by atoms with Crippen molar-refractivity contribution in [3.8, 4) is 11.3 Å². The van der Waals surface area contributed by atoms with Crippen LogP contribution in [0.2, 0.25) is 0 Å². The van der Waals surface area contributed by atoms with Gasteiger partial charge in [-0.2, -0.15) is 0 Å². The Kier molecular flexibility index (Phi) is 3.78. The summed E-state index contributed by atoms with van der Waals surface area (Å²) in [6, 6.07) is 13.7. The summed E-state index contributed by atoms with van der Waals surface area (Å²) in [6.45, 7) is 4.13. The van der Waals surface area contributed by atoms with Crippen LogP contribution in [0.3, 0.4) is 0 Å². The summed E-state index contributed by atoms with van der Waals surface area (Å²) in [4.78, 5) is 16.4. The first-order valence-corrected chi connectivity index (χ1v) is 7.17. The molecule has 0 aliphatic carbocycles. The fraction of sp³-hybridized carbons (Fsp3) is 0.176. The number of carbonyl (C=O) groups excluding carboxylic acids is 1. The molecule has 0 unspecified atom stereocenters. The lowest BCUT2D eigenvalue weighted by Gasteiger charge is -2.07. The molecule has 0 aliphatic rings. The summed E-state index contributed by atoms with van der Waals surface area (Å²) in [5, 5.41) is 2.79. The molecule has 0 saturated carbocycles. The molecule has 0 radical (unpaired) electrons. The number of aryl methyl sites for hydroxylation is 1. The van der Waals surface area contributed by atoms with Crippen LogP contribution in [0.15, 0.2) is 48.7 Å². The molecule has 0 bridgehead atoms. The molecule has 2 aromatic heterocycles. The van der Waals surface area contributed by atoms with Crippen LogP contribution in [0.4, 0.5) is 10.6 Å². The number of rotatable bonds is 3. The van der Waals surface area contributed by atoms with E-state index < -0.39 is 6.09 Å². The van der Waals surface area contributed by atoms with Gasteiger partial charge in [0.15, 0.2) is 0 Å². The fourth-order valence-corrected chi connectivity index (χ4v) is 2.29. The lowest BCUT2D eigenvalue weighted by molar-refractivity contribution is 0.168. The molecule has 0 atom stereocenters. The Morgan fingerprint density at radius 2 is 2.00 bits per heavy atom. The van der Waals surface area contributed by atoms with E-state index in [9.17, 15) is 4.79 Å². The third kappa shape index (κ3) is 2.65. The molecule has 112 valence electrons. The second-order valence-electron chi connectivity index (χ2n) is 4.95. The number of pyridine rings is 1. The van der Waals surface area contributed by atoms with E-state index in [1.54, 1.807) is 6.92 Å². The zero-order chi connectivity index (χ0) is 15.5. The van der Waals surface area contributed by atoms with Gasteiger partial charge in [0.2, 0.25) is 0 Å². The van der Waals surface area contributed by atoms with Gasteiger partial charge in [-0.1, -0.05) is 35.9 Å². The number of aromatic nitrogens is 2. The predicted octanol–water partition coefficient (Wildman–Crippen LogP) is 3.88. The van der Waals surface area contributed by atoms with Gasteiger partial charge in [0.25, 0.3) is 0 Å². The highest BCUT2D eigenvalue weighted by molar-refractivity contribution is 5.90.